The molecule has 0 fully saturated rings. The van der Waals surface area contributed by atoms with Crippen LogP contribution in [0.3, 0.4) is 0 Å². The monoisotopic (exact) mass is 540 g/mol. The van der Waals surface area contributed by atoms with Gasteiger partial charge in [-0.15, -0.1) is 11.3 Å². The topological polar surface area (TPSA) is 127 Å². The summed E-state index contributed by atoms with van der Waals surface area (Å²) in [7, 11) is 0. The van der Waals surface area contributed by atoms with Crippen molar-refractivity contribution in [3.05, 3.63) is 52.5 Å². The average molecular weight is 540 g/mol. The minimum absolute atomic E-state index is 0.0521. The standard InChI is InChI=1S/C22H20F4N6O4S/c1-2-27-20(34)32-17-7-12(5-6-28-17)10-29-19-16(37-11-30-19)9-18(33)31-13-3-4-14-15(8-13)36-22(25,26)21(23,24)35-14/h3-8,11,29H,2,9-10H2,1H3,(H,31,33)(H2,27,28,32,34). The van der Waals surface area contributed by atoms with Gasteiger partial charge in [-0.25, -0.2) is 14.8 Å². The van der Waals surface area contributed by atoms with Crippen LogP contribution < -0.4 is 30.7 Å². The van der Waals surface area contributed by atoms with E-state index in [1.165, 1.54) is 23.6 Å². The molecule has 1 aliphatic heterocycles. The number of anilines is 3. The third kappa shape index (κ3) is 6.17. The first-order valence-corrected chi connectivity index (χ1v) is 11.7. The largest absolute Gasteiger partial charge is 0.507 e. The highest BCUT2D eigenvalue weighted by atomic mass is 32.1. The number of alkyl halides is 4. The van der Waals surface area contributed by atoms with Crippen LogP contribution in [0.4, 0.5) is 39.7 Å². The van der Waals surface area contributed by atoms with Crippen LogP contribution in [0.2, 0.25) is 0 Å². The molecule has 3 heterocycles. The smallest absolute Gasteiger partial charge is 0.421 e. The van der Waals surface area contributed by atoms with Crippen LogP contribution in [0.15, 0.2) is 42.0 Å². The summed E-state index contributed by atoms with van der Waals surface area (Å²) < 4.78 is 61.6. The Kier molecular flexibility index (Phi) is 7.33. The Morgan fingerprint density at radius 3 is 2.51 bits per heavy atom. The molecule has 0 bridgehead atoms. The molecule has 3 aromatic rings. The molecule has 37 heavy (non-hydrogen) atoms. The predicted molar refractivity (Wildman–Crippen MR) is 126 cm³/mol. The number of aromatic nitrogens is 2. The minimum Gasteiger partial charge on any atom is -0.421 e. The molecule has 196 valence electrons. The third-order valence-corrected chi connectivity index (χ3v) is 5.70. The van der Waals surface area contributed by atoms with Crippen LogP contribution in [0, 0.1) is 0 Å². The Morgan fingerprint density at radius 2 is 1.76 bits per heavy atom. The maximum absolute atomic E-state index is 13.4. The normalized spacial score (nSPS) is 14.9. The van der Waals surface area contributed by atoms with Crippen LogP contribution in [-0.4, -0.2) is 40.7 Å². The summed E-state index contributed by atoms with van der Waals surface area (Å²) in [6, 6.07) is 6.24. The number of thiazole rings is 1. The van der Waals surface area contributed by atoms with Crippen LogP contribution >= 0.6 is 11.3 Å². The summed E-state index contributed by atoms with van der Waals surface area (Å²) >= 11 is 1.22. The SMILES string of the molecule is CCNC(=O)Nc1cc(CNc2ncsc2CC(=O)Nc2ccc3c(c2)OC(F)(F)C(F)(F)O3)ccn1. The molecule has 10 nitrogen and oxygen atoms in total. The summed E-state index contributed by atoms with van der Waals surface area (Å²) in [4.78, 5) is 33.1. The average Bonchev–Trinajstić information content (AvgIpc) is 3.25. The molecule has 0 atom stereocenters. The lowest BCUT2D eigenvalue weighted by atomic mass is 10.2. The highest BCUT2D eigenvalue weighted by molar-refractivity contribution is 7.10. The van der Waals surface area contributed by atoms with Crippen molar-refractivity contribution in [3.8, 4) is 11.5 Å². The van der Waals surface area contributed by atoms with Crippen molar-refractivity contribution in [1.82, 2.24) is 15.3 Å². The quantitative estimate of drug-likeness (QED) is 0.312. The maximum atomic E-state index is 13.4. The molecule has 15 heteroatoms. The second kappa shape index (κ2) is 10.5. The summed E-state index contributed by atoms with van der Waals surface area (Å²) in [5, 5.41) is 10.8. The van der Waals surface area contributed by atoms with E-state index in [9.17, 15) is 27.2 Å². The van der Waals surface area contributed by atoms with Crippen molar-refractivity contribution >= 4 is 40.6 Å². The van der Waals surface area contributed by atoms with Crippen molar-refractivity contribution in [1.29, 1.82) is 0 Å². The van der Waals surface area contributed by atoms with Crippen molar-refractivity contribution in [2.24, 2.45) is 0 Å². The first kappa shape index (κ1) is 25.9. The molecule has 0 aliphatic carbocycles. The van der Waals surface area contributed by atoms with Gasteiger partial charge in [0.25, 0.3) is 0 Å². The number of benzene rings is 1. The summed E-state index contributed by atoms with van der Waals surface area (Å²) in [5.74, 6) is -0.891. The zero-order chi connectivity index (χ0) is 26.6. The van der Waals surface area contributed by atoms with Crippen LogP contribution in [-0.2, 0) is 17.8 Å². The van der Waals surface area contributed by atoms with E-state index in [0.717, 1.165) is 17.7 Å². The van der Waals surface area contributed by atoms with Crippen molar-refractivity contribution < 1.29 is 36.6 Å². The number of nitrogens with zero attached hydrogens (tertiary/aromatic N) is 2. The van der Waals surface area contributed by atoms with Gasteiger partial charge in [0.2, 0.25) is 5.91 Å². The Bertz CT molecular complexity index is 1310. The number of hydrogen-bond acceptors (Lipinski definition) is 8. The Morgan fingerprint density at radius 1 is 1.00 bits per heavy atom. The number of pyridine rings is 1. The van der Waals surface area contributed by atoms with Gasteiger partial charge >= 0.3 is 18.2 Å². The highest BCUT2D eigenvalue weighted by Crippen LogP contribution is 2.47. The Labute approximate surface area is 211 Å². The Hall–Kier alpha value is -4.14. The number of carbonyl (C=O) groups excluding carboxylic acids is 2. The molecule has 3 amide bonds. The van der Waals surface area contributed by atoms with Crippen LogP contribution in [0.1, 0.15) is 17.4 Å². The molecule has 0 unspecified atom stereocenters. The van der Waals surface area contributed by atoms with Crippen molar-refractivity contribution in [2.45, 2.75) is 32.1 Å². The number of urea groups is 1. The Balaban J connectivity index is 1.35. The molecule has 0 radical (unpaired) electrons. The zero-order valence-corrected chi connectivity index (χ0v) is 19.9. The molecule has 0 saturated carbocycles. The van der Waals surface area contributed by atoms with E-state index >= 15 is 0 Å². The van der Waals surface area contributed by atoms with Crippen molar-refractivity contribution in [2.75, 3.05) is 22.5 Å². The van der Waals surface area contributed by atoms with Crippen LogP contribution in [0.5, 0.6) is 11.5 Å². The van der Waals surface area contributed by atoms with Crippen LogP contribution in [0.25, 0.3) is 0 Å². The van der Waals surface area contributed by atoms with E-state index in [1.54, 1.807) is 24.6 Å². The molecular formula is C22H20F4N6O4S. The molecule has 4 N–H and O–H groups in total. The van der Waals surface area contributed by atoms with Gasteiger partial charge in [-0.3, -0.25) is 10.1 Å². The molecule has 1 aromatic carbocycles. The second-order valence-corrected chi connectivity index (χ2v) is 8.57. The molecular weight excluding hydrogens is 520 g/mol. The molecule has 0 saturated heterocycles. The van der Waals surface area contributed by atoms with E-state index in [2.05, 4.69) is 40.7 Å². The molecule has 4 rings (SSSR count). The number of ether oxygens (including phenoxy) is 2. The second-order valence-electron chi connectivity index (χ2n) is 7.64. The van der Waals surface area contributed by atoms with Gasteiger partial charge in [0.05, 0.1) is 16.8 Å². The molecule has 0 spiro atoms. The number of rotatable bonds is 8. The molecule has 2 aromatic heterocycles. The van der Waals surface area contributed by atoms with E-state index < -0.39 is 29.6 Å². The lowest BCUT2D eigenvalue weighted by Crippen LogP contribution is -2.52. The van der Waals surface area contributed by atoms with Gasteiger partial charge in [0.1, 0.15) is 11.6 Å². The number of nitrogens with one attached hydrogen (secondary N) is 4. The first-order chi connectivity index (χ1) is 17.6. The number of hydrogen-bond donors (Lipinski definition) is 4. The van der Waals surface area contributed by atoms with E-state index in [0.29, 0.717) is 29.6 Å². The zero-order valence-electron chi connectivity index (χ0n) is 19.1. The number of carbonyl (C=O) groups is 2. The van der Waals surface area contributed by atoms with Gasteiger partial charge in [-0.1, -0.05) is 0 Å². The van der Waals surface area contributed by atoms with Gasteiger partial charge in [-0.05, 0) is 36.8 Å². The van der Waals surface area contributed by atoms with E-state index in [4.69, 9.17) is 0 Å². The maximum Gasteiger partial charge on any atom is 0.507 e. The highest BCUT2D eigenvalue weighted by Gasteiger charge is 2.65. The third-order valence-electron chi connectivity index (χ3n) is 4.87. The summed E-state index contributed by atoms with van der Waals surface area (Å²) in [5.41, 5.74) is 2.39. The fourth-order valence-corrected chi connectivity index (χ4v) is 3.93. The number of fused-ring (bicyclic) bond motifs is 1. The van der Waals surface area contributed by atoms with Gasteiger partial charge in [-0.2, -0.15) is 17.6 Å². The lowest BCUT2D eigenvalue weighted by Gasteiger charge is -2.31. The van der Waals surface area contributed by atoms with Gasteiger partial charge in [0.15, 0.2) is 11.5 Å². The first-order valence-electron chi connectivity index (χ1n) is 10.8. The summed E-state index contributed by atoms with van der Waals surface area (Å²) in [6.45, 7) is 2.59. The number of amides is 3. The van der Waals surface area contributed by atoms with Gasteiger partial charge < -0.3 is 25.4 Å². The lowest BCUT2D eigenvalue weighted by molar-refractivity contribution is -0.391. The van der Waals surface area contributed by atoms with E-state index in [-0.39, 0.29) is 18.1 Å². The van der Waals surface area contributed by atoms with E-state index in [1.807, 2.05) is 0 Å². The fourth-order valence-electron chi connectivity index (χ4n) is 3.20. The minimum atomic E-state index is -4.86. The van der Waals surface area contributed by atoms with Gasteiger partial charge in [0, 0.05) is 31.0 Å². The summed E-state index contributed by atoms with van der Waals surface area (Å²) in [6.07, 6.45) is -8.24. The molecule has 1 aliphatic rings. The fraction of sp³-hybridized carbons (Fsp3) is 0.273. The van der Waals surface area contributed by atoms with Crippen molar-refractivity contribution in [3.63, 3.8) is 0 Å². The number of halogens is 4. The predicted octanol–water partition coefficient (Wildman–Crippen LogP) is 4.43.